The van der Waals surface area contributed by atoms with Crippen molar-refractivity contribution >= 4 is 29.4 Å². The Morgan fingerprint density at radius 2 is 2.17 bits per heavy atom. The highest BCUT2D eigenvalue weighted by atomic mass is 35.5. The average Bonchev–Trinajstić information content (AvgIpc) is 2.53. The van der Waals surface area contributed by atoms with Crippen LogP contribution in [0.25, 0.3) is 0 Å². The Morgan fingerprint density at radius 3 is 2.87 bits per heavy atom. The number of hydrogen-bond donors (Lipinski definition) is 1. The summed E-state index contributed by atoms with van der Waals surface area (Å²) in [5.41, 5.74) is 2.83. The normalized spacial score (nSPS) is 10.3. The quantitative estimate of drug-likeness (QED) is 0.674. The zero-order valence-electron chi connectivity index (χ0n) is 12.4. The molecule has 0 atom stereocenters. The maximum Gasteiger partial charge on any atom is 0.265 e. The molecule has 0 spiro atoms. The summed E-state index contributed by atoms with van der Waals surface area (Å²) in [6.07, 6.45) is 1.56. The standard InChI is InChI=1S/C17H14ClN3O2/c1-12-4-2-3-5-14(12)10-20-23-11-17(22)21-15-7-6-13(9-19)16(18)8-15/h2-8,10H,11H2,1H3,(H,21,22)/b20-10+. The Balaban J connectivity index is 1.85. The van der Waals surface area contributed by atoms with Gasteiger partial charge < -0.3 is 10.2 Å². The topological polar surface area (TPSA) is 74.5 Å². The van der Waals surface area contributed by atoms with Gasteiger partial charge in [0.1, 0.15) is 6.07 Å². The molecule has 1 amide bonds. The van der Waals surface area contributed by atoms with E-state index in [1.54, 1.807) is 12.3 Å². The summed E-state index contributed by atoms with van der Waals surface area (Å²) in [6, 6.07) is 14.3. The minimum Gasteiger partial charge on any atom is -0.386 e. The summed E-state index contributed by atoms with van der Waals surface area (Å²) in [6.45, 7) is 1.74. The zero-order valence-corrected chi connectivity index (χ0v) is 13.2. The third-order valence-electron chi connectivity index (χ3n) is 3.02. The minimum atomic E-state index is -0.368. The van der Waals surface area contributed by atoms with E-state index in [1.165, 1.54) is 12.1 Å². The molecule has 0 fully saturated rings. The van der Waals surface area contributed by atoms with Crippen molar-refractivity contribution < 1.29 is 9.63 Å². The fourth-order valence-corrected chi connectivity index (χ4v) is 2.02. The minimum absolute atomic E-state index is 0.222. The van der Waals surface area contributed by atoms with Crippen LogP contribution in [0.3, 0.4) is 0 Å². The maximum absolute atomic E-state index is 11.7. The van der Waals surface area contributed by atoms with Gasteiger partial charge >= 0.3 is 0 Å². The highest BCUT2D eigenvalue weighted by Gasteiger charge is 2.05. The fourth-order valence-electron chi connectivity index (χ4n) is 1.80. The first-order valence-corrected chi connectivity index (χ1v) is 7.18. The lowest BCUT2D eigenvalue weighted by Gasteiger charge is -2.05. The summed E-state index contributed by atoms with van der Waals surface area (Å²) in [4.78, 5) is 16.7. The highest BCUT2D eigenvalue weighted by molar-refractivity contribution is 6.32. The molecule has 0 heterocycles. The van der Waals surface area contributed by atoms with Crippen LogP contribution in [-0.4, -0.2) is 18.7 Å². The molecule has 0 saturated heterocycles. The molecule has 0 aliphatic rings. The second-order valence-electron chi connectivity index (χ2n) is 4.72. The molecule has 0 aliphatic carbocycles. The predicted molar refractivity (Wildman–Crippen MR) is 89.5 cm³/mol. The van der Waals surface area contributed by atoms with Crippen molar-refractivity contribution in [3.8, 4) is 6.07 Å². The van der Waals surface area contributed by atoms with Crippen molar-refractivity contribution in [2.75, 3.05) is 11.9 Å². The molecule has 5 nitrogen and oxygen atoms in total. The van der Waals surface area contributed by atoms with Crippen LogP contribution in [0.15, 0.2) is 47.6 Å². The Kier molecular flexibility index (Phi) is 5.73. The van der Waals surface area contributed by atoms with Crippen molar-refractivity contribution in [2.24, 2.45) is 5.16 Å². The summed E-state index contributed by atoms with van der Waals surface area (Å²) in [5.74, 6) is -0.368. The molecule has 1 N–H and O–H groups in total. The van der Waals surface area contributed by atoms with Gasteiger partial charge in [0, 0.05) is 5.69 Å². The number of carbonyl (C=O) groups excluding carboxylic acids is 1. The van der Waals surface area contributed by atoms with E-state index in [-0.39, 0.29) is 17.5 Å². The van der Waals surface area contributed by atoms with E-state index in [0.717, 1.165) is 11.1 Å². The van der Waals surface area contributed by atoms with Crippen molar-refractivity contribution in [1.29, 1.82) is 5.26 Å². The van der Waals surface area contributed by atoms with Crippen LogP contribution in [-0.2, 0) is 9.63 Å². The molecule has 0 bridgehead atoms. The molecule has 0 radical (unpaired) electrons. The lowest BCUT2D eigenvalue weighted by atomic mass is 10.1. The van der Waals surface area contributed by atoms with Crippen molar-refractivity contribution in [2.45, 2.75) is 6.92 Å². The molecular formula is C17H14ClN3O2. The van der Waals surface area contributed by atoms with Gasteiger partial charge in [-0.05, 0) is 36.2 Å². The van der Waals surface area contributed by atoms with E-state index in [2.05, 4.69) is 10.5 Å². The molecule has 0 aromatic heterocycles. The van der Waals surface area contributed by atoms with E-state index in [9.17, 15) is 4.79 Å². The van der Waals surface area contributed by atoms with Crippen LogP contribution in [0.4, 0.5) is 5.69 Å². The monoisotopic (exact) mass is 327 g/mol. The van der Waals surface area contributed by atoms with Gasteiger partial charge in [-0.25, -0.2) is 0 Å². The number of hydrogen-bond acceptors (Lipinski definition) is 4. The molecule has 0 unspecified atom stereocenters. The number of amides is 1. The van der Waals surface area contributed by atoms with E-state index < -0.39 is 0 Å². The van der Waals surface area contributed by atoms with Gasteiger partial charge in [0.05, 0.1) is 16.8 Å². The van der Waals surface area contributed by atoms with E-state index in [1.807, 2.05) is 37.3 Å². The van der Waals surface area contributed by atoms with E-state index >= 15 is 0 Å². The lowest BCUT2D eigenvalue weighted by molar-refractivity contribution is -0.120. The number of carbonyl (C=O) groups is 1. The average molecular weight is 328 g/mol. The highest BCUT2D eigenvalue weighted by Crippen LogP contribution is 2.20. The van der Waals surface area contributed by atoms with Gasteiger partial charge in [-0.3, -0.25) is 4.79 Å². The van der Waals surface area contributed by atoms with Crippen LogP contribution < -0.4 is 5.32 Å². The number of anilines is 1. The van der Waals surface area contributed by atoms with Gasteiger partial charge in [-0.2, -0.15) is 5.26 Å². The second kappa shape index (κ2) is 7.97. The Morgan fingerprint density at radius 1 is 1.39 bits per heavy atom. The van der Waals surface area contributed by atoms with E-state index in [4.69, 9.17) is 21.7 Å². The van der Waals surface area contributed by atoms with Gasteiger partial charge in [0.2, 0.25) is 0 Å². The Hall–Kier alpha value is -2.84. The number of nitrogens with one attached hydrogen (secondary N) is 1. The van der Waals surface area contributed by atoms with Gasteiger partial charge in [0.25, 0.3) is 5.91 Å². The van der Waals surface area contributed by atoms with Crippen LogP contribution in [0.2, 0.25) is 5.02 Å². The summed E-state index contributed by atoms with van der Waals surface area (Å²) in [7, 11) is 0. The third-order valence-corrected chi connectivity index (χ3v) is 3.34. The number of rotatable bonds is 5. The van der Waals surface area contributed by atoms with Gasteiger partial charge in [-0.15, -0.1) is 0 Å². The Bertz CT molecular complexity index is 782. The second-order valence-corrected chi connectivity index (χ2v) is 5.13. The molecule has 2 aromatic carbocycles. The molecule has 0 saturated carbocycles. The first-order chi connectivity index (χ1) is 11.1. The molecule has 116 valence electrons. The van der Waals surface area contributed by atoms with Crippen LogP contribution in [0.1, 0.15) is 16.7 Å². The predicted octanol–water partition coefficient (Wildman–Crippen LogP) is 3.51. The summed E-state index contributed by atoms with van der Waals surface area (Å²) in [5, 5.41) is 15.5. The smallest absolute Gasteiger partial charge is 0.265 e. The largest absolute Gasteiger partial charge is 0.386 e. The maximum atomic E-state index is 11.7. The van der Waals surface area contributed by atoms with Gasteiger partial charge in [0.15, 0.2) is 6.61 Å². The van der Waals surface area contributed by atoms with Crippen LogP contribution >= 0.6 is 11.6 Å². The lowest BCUT2D eigenvalue weighted by Crippen LogP contribution is -2.17. The van der Waals surface area contributed by atoms with Crippen molar-refractivity contribution in [1.82, 2.24) is 0 Å². The number of benzene rings is 2. The Labute approximate surface area is 139 Å². The SMILES string of the molecule is Cc1ccccc1/C=N/OCC(=O)Nc1ccc(C#N)c(Cl)c1. The molecule has 23 heavy (non-hydrogen) atoms. The zero-order chi connectivity index (χ0) is 16.7. The van der Waals surface area contributed by atoms with Crippen LogP contribution in [0.5, 0.6) is 0 Å². The van der Waals surface area contributed by atoms with E-state index in [0.29, 0.717) is 11.3 Å². The van der Waals surface area contributed by atoms with Gasteiger partial charge in [-0.1, -0.05) is 41.0 Å². The summed E-state index contributed by atoms with van der Waals surface area (Å²) < 4.78 is 0. The molecule has 0 aliphatic heterocycles. The first kappa shape index (κ1) is 16.5. The first-order valence-electron chi connectivity index (χ1n) is 6.80. The number of oxime groups is 1. The van der Waals surface area contributed by atoms with Crippen molar-refractivity contribution in [3.63, 3.8) is 0 Å². The van der Waals surface area contributed by atoms with Crippen LogP contribution in [0, 0.1) is 18.3 Å². The molecule has 2 aromatic rings. The molecule has 2 rings (SSSR count). The number of nitriles is 1. The third kappa shape index (κ3) is 4.83. The summed E-state index contributed by atoms with van der Waals surface area (Å²) >= 11 is 5.89. The number of nitrogens with zero attached hydrogens (tertiary/aromatic N) is 2. The molecule has 6 heteroatoms. The van der Waals surface area contributed by atoms with Crippen molar-refractivity contribution in [3.05, 3.63) is 64.2 Å². The number of aryl methyl sites for hydroxylation is 1. The molecular weight excluding hydrogens is 314 g/mol. The fraction of sp³-hybridized carbons (Fsp3) is 0.118. The number of halogens is 1.